The first kappa shape index (κ1) is 12.9. The number of aryl methyl sites for hydroxylation is 1. The van der Waals surface area contributed by atoms with Crippen LogP contribution >= 0.6 is 0 Å². The van der Waals surface area contributed by atoms with E-state index in [0.29, 0.717) is 6.54 Å². The largest absolute Gasteiger partial charge is 0.478 e. The van der Waals surface area contributed by atoms with Crippen LogP contribution in [-0.4, -0.2) is 27.4 Å². The number of nitrogens with zero attached hydrogens (tertiary/aromatic N) is 2. The Morgan fingerprint density at radius 1 is 1.53 bits per heavy atom. The fourth-order valence-corrected chi connectivity index (χ4v) is 1.80. The second kappa shape index (κ2) is 5.43. The molecule has 2 rings (SSSR count). The smallest absolute Gasteiger partial charge is 0.337 e. The third kappa shape index (κ3) is 3.25. The van der Waals surface area contributed by atoms with Gasteiger partial charge in [0, 0.05) is 31.2 Å². The Hall–Kier alpha value is -2.50. The molecule has 0 amide bonds. The lowest BCUT2D eigenvalue weighted by Crippen LogP contribution is -2.07. The fourth-order valence-electron chi connectivity index (χ4n) is 1.80. The summed E-state index contributed by atoms with van der Waals surface area (Å²) in [7, 11) is 1.87. The van der Waals surface area contributed by atoms with Crippen molar-refractivity contribution in [1.82, 2.24) is 9.78 Å². The Morgan fingerprint density at radius 3 is 2.95 bits per heavy atom. The molecule has 0 unspecified atom stereocenters. The maximum atomic E-state index is 11.0. The zero-order valence-corrected chi connectivity index (χ0v) is 10.6. The first-order chi connectivity index (χ1) is 9.06. The van der Waals surface area contributed by atoms with Gasteiger partial charge < -0.3 is 16.2 Å². The van der Waals surface area contributed by atoms with Gasteiger partial charge in [0.1, 0.15) is 0 Å². The van der Waals surface area contributed by atoms with E-state index in [2.05, 4.69) is 10.4 Å². The van der Waals surface area contributed by atoms with E-state index in [1.54, 1.807) is 22.9 Å². The van der Waals surface area contributed by atoms with E-state index in [1.165, 1.54) is 0 Å². The molecule has 19 heavy (non-hydrogen) atoms. The van der Waals surface area contributed by atoms with Gasteiger partial charge in [0.15, 0.2) is 0 Å². The van der Waals surface area contributed by atoms with E-state index in [9.17, 15) is 4.79 Å². The molecule has 6 heteroatoms. The fraction of sp³-hybridized carbons (Fsp3) is 0.231. The minimum atomic E-state index is -1.02. The highest BCUT2D eigenvalue weighted by Crippen LogP contribution is 2.17. The number of aromatic nitrogens is 2. The third-order valence-corrected chi connectivity index (χ3v) is 2.78. The van der Waals surface area contributed by atoms with Crippen LogP contribution in [0, 0.1) is 0 Å². The molecule has 0 fully saturated rings. The molecular formula is C13H16N4O2. The van der Waals surface area contributed by atoms with E-state index in [4.69, 9.17) is 10.8 Å². The van der Waals surface area contributed by atoms with Crippen LogP contribution in [-0.2, 0) is 13.5 Å². The predicted octanol–water partition coefficient (Wildman–Crippen LogP) is 1.36. The highest BCUT2D eigenvalue weighted by Gasteiger charge is 2.08. The molecule has 6 nitrogen and oxygen atoms in total. The van der Waals surface area contributed by atoms with Crippen LogP contribution in [0.4, 0.5) is 11.4 Å². The zero-order valence-electron chi connectivity index (χ0n) is 10.6. The molecule has 4 N–H and O–H groups in total. The van der Waals surface area contributed by atoms with Gasteiger partial charge in [-0.25, -0.2) is 4.79 Å². The molecule has 2 aromatic rings. The molecule has 0 aliphatic heterocycles. The summed E-state index contributed by atoms with van der Waals surface area (Å²) in [6, 6.07) is 4.90. The van der Waals surface area contributed by atoms with E-state index in [1.807, 2.05) is 19.4 Å². The second-order valence-electron chi connectivity index (χ2n) is 4.31. The highest BCUT2D eigenvalue weighted by molar-refractivity contribution is 5.94. The Labute approximate surface area is 110 Å². The van der Waals surface area contributed by atoms with Crippen LogP contribution in [0.2, 0.25) is 0 Å². The number of carboxylic acids is 1. The summed E-state index contributed by atoms with van der Waals surface area (Å²) in [5.41, 5.74) is 7.85. The van der Waals surface area contributed by atoms with Crippen molar-refractivity contribution in [3.8, 4) is 0 Å². The van der Waals surface area contributed by atoms with Gasteiger partial charge in [0.25, 0.3) is 0 Å². The van der Waals surface area contributed by atoms with Gasteiger partial charge >= 0.3 is 5.97 Å². The highest BCUT2D eigenvalue weighted by atomic mass is 16.4. The second-order valence-corrected chi connectivity index (χ2v) is 4.31. The summed E-state index contributed by atoms with van der Waals surface area (Å²) < 4.78 is 1.75. The number of nitrogens with two attached hydrogens (primary N) is 1. The van der Waals surface area contributed by atoms with Gasteiger partial charge in [-0.1, -0.05) is 0 Å². The minimum absolute atomic E-state index is 0.117. The van der Waals surface area contributed by atoms with Crippen LogP contribution in [0.1, 0.15) is 15.9 Å². The van der Waals surface area contributed by atoms with Crippen molar-refractivity contribution < 1.29 is 9.90 Å². The topological polar surface area (TPSA) is 93.2 Å². The summed E-state index contributed by atoms with van der Waals surface area (Å²) >= 11 is 0. The maximum absolute atomic E-state index is 11.0. The van der Waals surface area contributed by atoms with Crippen molar-refractivity contribution in [3.63, 3.8) is 0 Å². The van der Waals surface area contributed by atoms with E-state index in [0.717, 1.165) is 17.7 Å². The molecule has 0 aliphatic rings. The van der Waals surface area contributed by atoms with Gasteiger partial charge in [-0.05, 0) is 30.2 Å². The summed E-state index contributed by atoms with van der Waals surface area (Å²) in [4.78, 5) is 11.0. The molecule has 100 valence electrons. The molecule has 1 aromatic heterocycles. The summed E-state index contributed by atoms with van der Waals surface area (Å²) in [6.45, 7) is 0.703. The molecule has 0 radical (unpaired) electrons. The summed E-state index contributed by atoms with van der Waals surface area (Å²) in [5.74, 6) is -1.02. The molecule has 0 saturated carbocycles. The molecule has 1 heterocycles. The molecule has 0 spiro atoms. The number of benzene rings is 1. The Bertz CT molecular complexity index is 592. The number of rotatable bonds is 5. The van der Waals surface area contributed by atoms with Gasteiger partial charge in [0.05, 0.1) is 11.8 Å². The quantitative estimate of drug-likeness (QED) is 0.706. The number of carboxylic acid groups (broad SMARTS) is 1. The van der Waals surface area contributed by atoms with Crippen molar-refractivity contribution >= 4 is 17.3 Å². The van der Waals surface area contributed by atoms with Crippen LogP contribution < -0.4 is 11.1 Å². The first-order valence-electron chi connectivity index (χ1n) is 5.90. The molecule has 0 aliphatic carbocycles. The molecule has 0 saturated heterocycles. The Balaban J connectivity index is 1.96. The van der Waals surface area contributed by atoms with Gasteiger partial charge in [-0.3, -0.25) is 4.68 Å². The lowest BCUT2D eigenvalue weighted by molar-refractivity contribution is 0.0698. The lowest BCUT2D eigenvalue weighted by atomic mass is 10.1. The van der Waals surface area contributed by atoms with Crippen LogP contribution in [0.25, 0.3) is 0 Å². The van der Waals surface area contributed by atoms with Crippen molar-refractivity contribution in [2.75, 3.05) is 17.6 Å². The van der Waals surface area contributed by atoms with Crippen molar-refractivity contribution in [1.29, 1.82) is 0 Å². The summed E-state index contributed by atoms with van der Waals surface area (Å²) in [6.07, 6.45) is 4.58. The monoisotopic (exact) mass is 260 g/mol. The predicted molar refractivity (Wildman–Crippen MR) is 73.2 cm³/mol. The number of nitrogen functional groups attached to an aromatic ring is 1. The van der Waals surface area contributed by atoms with Crippen LogP contribution in [0.15, 0.2) is 30.6 Å². The normalized spacial score (nSPS) is 10.4. The number of anilines is 2. The van der Waals surface area contributed by atoms with E-state index >= 15 is 0 Å². The molecule has 0 bridgehead atoms. The average molecular weight is 260 g/mol. The van der Waals surface area contributed by atoms with E-state index < -0.39 is 5.97 Å². The standard InChI is InChI=1S/C13H16N4O2/c1-17-8-9(7-16-17)4-5-15-10-2-3-12(14)11(6-10)13(18)19/h2-3,6-8,15H,4-5,14H2,1H3,(H,18,19). The zero-order chi connectivity index (χ0) is 13.8. The SMILES string of the molecule is Cn1cc(CCNc2ccc(N)c(C(=O)O)c2)cn1. The molecular weight excluding hydrogens is 244 g/mol. The number of hydrogen-bond acceptors (Lipinski definition) is 4. The van der Waals surface area contributed by atoms with Crippen molar-refractivity contribution in [2.45, 2.75) is 6.42 Å². The Morgan fingerprint density at radius 2 is 2.32 bits per heavy atom. The van der Waals surface area contributed by atoms with Gasteiger partial charge in [0.2, 0.25) is 0 Å². The van der Waals surface area contributed by atoms with Crippen LogP contribution in [0.3, 0.4) is 0 Å². The Kier molecular flexibility index (Phi) is 3.70. The van der Waals surface area contributed by atoms with Crippen molar-refractivity contribution in [2.24, 2.45) is 7.05 Å². The van der Waals surface area contributed by atoms with Gasteiger partial charge in [-0.2, -0.15) is 5.10 Å². The minimum Gasteiger partial charge on any atom is -0.478 e. The average Bonchev–Trinajstić information content (AvgIpc) is 2.77. The van der Waals surface area contributed by atoms with E-state index in [-0.39, 0.29) is 11.3 Å². The third-order valence-electron chi connectivity index (χ3n) is 2.78. The lowest BCUT2D eigenvalue weighted by Gasteiger charge is -2.08. The molecule has 0 atom stereocenters. The summed E-state index contributed by atoms with van der Waals surface area (Å²) in [5, 5.41) is 16.2. The molecule has 1 aromatic carbocycles. The number of carbonyl (C=O) groups is 1. The van der Waals surface area contributed by atoms with Crippen LogP contribution in [0.5, 0.6) is 0 Å². The number of hydrogen-bond donors (Lipinski definition) is 3. The number of aromatic carboxylic acids is 1. The maximum Gasteiger partial charge on any atom is 0.337 e. The first-order valence-corrected chi connectivity index (χ1v) is 5.90. The number of nitrogens with one attached hydrogen (secondary N) is 1. The van der Waals surface area contributed by atoms with Crippen molar-refractivity contribution in [3.05, 3.63) is 41.7 Å². The van der Waals surface area contributed by atoms with Gasteiger partial charge in [-0.15, -0.1) is 0 Å².